The predicted octanol–water partition coefficient (Wildman–Crippen LogP) is 3.44. The molecule has 0 aliphatic carbocycles. The lowest BCUT2D eigenvalue weighted by Gasteiger charge is -2.06. The van der Waals surface area contributed by atoms with Crippen molar-refractivity contribution >= 4 is 45.4 Å². The molecule has 0 aliphatic rings. The third-order valence-corrected chi connectivity index (χ3v) is 3.30. The molecule has 0 fully saturated rings. The Morgan fingerprint density at radius 2 is 2.04 bits per heavy atom. The fourth-order valence-corrected chi connectivity index (χ4v) is 2.08. The van der Waals surface area contributed by atoms with Gasteiger partial charge in [-0.3, -0.25) is 9.59 Å². The van der Waals surface area contributed by atoms with Crippen molar-refractivity contribution in [2.75, 3.05) is 11.9 Å². The number of carbonyl (C=O) groups is 3. The lowest BCUT2D eigenvalue weighted by Crippen LogP contribution is -2.20. The summed E-state index contributed by atoms with van der Waals surface area (Å²) in [6, 6.07) is 9.85. The molecule has 0 atom stereocenters. The number of hydrogen-bond donors (Lipinski definition) is 1. The van der Waals surface area contributed by atoms with Gasteiger partial charge in [-0.15, -0.1) is 0 Å². The molecule has 2 rings (SSSR count). The van der Waals surface area contributed by atoms with Gasteiger partial charge in [0.25, 0.3) is 5.91 Å². The lowest BCUT2D eigenvalue weighted by atomic mass is 10.1. The Labute approximate surface area is 146 Å². The Morgan fingerprint density at radius 1 is 1.25 bits per heavy atom. The van der Waals surface area contributed by atoms with Gasteiger partial charge in [0.2, 0.25) is 0 Å². The minimum Gasteiger partial charge on any atom is -0.452 e. The maximum Gasteiger partial charge on any atom is 0.331 e. The zero-order valence-electron chi connectivity index (χ0n) is 12.7. The molecule has 1 heterocycles. The average Bonchev–Trinajstić information content (AvgIpc) is 2.96. The molecule has 7 heteroatoms. The van der Waals surface area contributed by atoms with E-state index in [1.54, 1.807) is 36.4 Å². The average molecular weight is 392 g/mol. The Kier molecular flexibility index (Phi) is 6.08. The van der Waals surface area contributed by atoms with Crippen molar-refractivity contribution in [1.82, 2.24) is 0 Å². The first-order valence-electron chi connectivity index (χ1n) is 6.95. The quantitative estimate of drug-likeness (QED) is 0.463. The number of hydrogen-bond acceptors (Lipinski definition) is 5. The summed E-state index contributed by atoms with van der Waals surface area (Å²) in [5.41, 5.74) is 0.942. The standard InChI is InChI=1S/C17H14BrNO5/c1-11(20)12-3-2-4-13(9-12)19-16(21)10-23-17(22)8-6-14-5-7-15(18)24-14/h2-9H,10H2,1H3,(H,19,21). The van der Waals surface area contributed by atoms with E-state index in [1.807, 2.05) is 0 Å². The second-order valence-corrected chi connectivity index (χ2v) is 5.55. The zero-order chi connectivity index (χ0) is 17.5. The summed E-state index contributed by atoms with van der Waals surface area (Å²) in [6.07, 6.45) is 2.59. The van der Waals surface area contributed by atoms with Gasteiger partial charge in [-0.25, -0.2) is 4.79 Å². The molecule has 2 aromatic rings. The molecule has 24 heavy (non-hydrogen) atoms. The fraction of sp³-hybridized carbons (Fsp3) is 0.118. The van der Waals surface area contributed by atoms with Crippen LogP contribution in [0.25, 0.3) is 6.08 Å². The van der Waals surface area contributed by atoms with E-state index in [0.29, 0.717) is 21.7 Å². The van der Waals surface area contributed by atoms with Crippen molar-refractivity contribution < 1.29 is 23.5 Å². The molecule has 0 aliphatic heterocycles. The Morgan fingerprint density at radius 3 is 2.71 bits per heavy atom. The highest BCUT2D eigenvalue weighted by Gasteiger charge is 2.07. The summed E-state index contributed by atoms with van der Waals surface area (Å²) in [7, 11) is 0. The van der Waals surface area contributed by atoms with Crippen LogP contribution in [0.5, 0.6) is 0 Å². The maximum absolute atomic E-state index is 11.8. The molecule has 0 saturated carbocycles. The summed E-state index contributed by atoms with van der Waals surface area (Å²) >= 11 is 3.14. The molecule has 0 unspecified atom stereocenters. The number of carbonyl (C=O) groups excluding carboxylic acids is 3. The second kappa shape index (κ2) is 8.26. The summed E-state index contributed by atoms with van der Waals surface area (Å²) in [5.74, 6) is -0.801. The molecule has 0 spiro atoms. The number of nitrogens with one attached hydrogen (secondary N) is 1. The van der Waals surface area contributed by atoms with Gasteiger partial charge in [0.15, 0.2) is 17.1 Å². The molecule has 1 aromatic carbocycles. The van der Waals surface area contributed by atoms with Gasteiger partial charge in [-0.2, -0.15) is 0 Å². The largest absolute Gasteiger partial charge is 0.452 e. The van der Waals surface area contributed by atoms with Crippen LogP contribution in [-0.4, -0.2) is 24.3 Å². The number of ether oxygens (including phenoxy) is 1. The van der Waals surface area contributed by atoms with Gasteiger partial charge in [0, 0.05) is 17.3 Å². The molecule has 124 valence electrons. The van der Waals surface area contributed by atoms with E-state index >= 15 is 0 Å². The first kappa shape index (κ1) is 17.7. The Balaban J connectivity index is 1.82. The number of amides is 1. The smallest absolute Gasteiger partial charge is 0.331 e. The molecule has 1 amide bonds. The van der Waals surface area contributed by atoms with Crippen molar-refractivity contribution in [3.05, 3.63) is 58.5 Å². The van der Waals surface area contributed by atoms with Crippen LogP contribution in [0.15, 0.2) is 51.6 Å². The lowest BCUT2D eigenvalue weighted by molar-refractivity contribution is -0.142. The molecule has 1 aromatic heterocycles. The van der Waals surface area contributed by atoms with Crippen LogP contribution in [0.3, 0.4) is 0 Å². The maximum atomic E-state index is 11.8. The number of halogens is 1. The van der Waals surface area contributed by atoms with Crippen LogP contribution in [-0.2, 0) is 14.3 Å². The summed E-state index contributed by atoms with van der Waals surface area (Å²) < 4.78 is 10.6. The first-order chi connectivity index (χ1) is 11.4. The SMILES string of the molecule is CC(=O)c1cccc(NC(=O)COC(=O)C=Cc2ccc(Br)o2)c1. The number of rotatable bonds is 6. The molecular formula is C17H14BrNO5. The fourth-order valence-electron chi connectivity index (χ4n) is 1.77. The number of anilines is 1. The third kappa shape index (κ3) is 5.51. The van der Waals surface area contributed by atoms with Crippen molar-refractivity contribution in [1.29, 1.82) is 0 Å². The highest BCUT2D eigenvalue weighted by atomic mass is 79.9. The number of esters is 1. The number of ketones is 1. The van der Waals surface area contributed by atoms with E-state index < -0.39 is 18.5 Å². The topological polar surface area (TPSA) is 85.6 Å². The Hall–Kier alpha value is -2.67. The molecular weight excluding hydrogens is 378 g/mol. The van der Waals surface area contributed by atoms with Gasteiger partial charge in [0.05, 0.1) is 0 Å². The minimum atomic E-state index is -0.671. The monoisotopic (exact) mass is 391 g/mol. The minimum absolute atomic E-state index is 0.104. The molecule has 1 N–H and O–H groups in total. The Bertz CT molecular complexity index is 794. The van der Waals surface area contributed by atoms with Gasteiger partial charge in [0.1, 0.15) is 5.76 Å². The van der Waals surface area contributed by atoms with Crippen LogP contribution in [0.2, 0.25) is 0 Å². The molecule has 0 radical (unpaired) electrons. The van der Waals surface area contributed by atoms with Crippen molar-refractivity contribution in [3.63, 3.8) is 0 Å². The van der Waals surface area contributed by atoms with Gasteiger partial charge in [-0.05, 0) is 53.2 Å². The van der Waals surface area contributed by atoms with Crippen LogP contribution >= 0.6 is 15.9 Å². The number of furan rings is 1. The second-order valence-electron chi connectivity index (χ2n) is 4.77. The van der Waals surface area contributed by atoms with Crippen LogP contribution < -0.4 is 5.32 Å². The van der Waals surface area contributed by atoms with E-state index in [9.17, 15) is 14.4 Å². The normalized spacial score (nSPS) is 10.6. The van der Waals surface area contributed by atoms with Gasteiger partial charge < -0.3 is 14.5 Å². The van der Waals surface area contributed by atoms with E-state index in [-0.39, 0.29) is 5.78 Å². The number of Topliss-reactive ketones (excluding diaryl/α,β-unsaturated/α-hetero) is 1. The van der Waals surface area contributed by atoms with E-state index in [0.717, 1.165) is 6.08 Å². The highest BCUT2D eigenvalue weighted by molar-refractivity contribution is 9.10. The van der Waals surface area contributed by atoms with Crippen LogP contribution in [0.1, 0.15) is 23.0 Å². The van der Waals surface area contributed by atoms with E-state index in [1.165, 1.54) is 13.0 Å². The van der Waals surface area contributed by atoms with Crippen LogP contribution in [0, 0.1) is 0 Å². The van der Waals surface area contributed by atoms with Gasteiger partial charge in [-0.1, -0.05) is 12.1 Å². The summed E-state index contributed by atoms with van der Waals surface area (Å²) in [4.78, 5) is 34.6. The summed E-state index contributed by atoms with van der Waals surface area (Å²) in [5, 5.41) is 2.55. The van der Waals surface area contributed by atoms with Crippen molar-refractivity contribution in [2.45, 2.75) is 6.92 Å². The highest BCUT2D eigenvalue weighted by Crippen LogP contribution is 2.15. The third-order valence-electron chi connectivity index (χ3n) is 2.88. The zero-order valence-corrected chi connectivity index (χ0v) is 14.3. The van der Waals surface area contributed by atoms with Crippen molar-refractivity contribution in [3.8, 4) is 0 Å². The van der Waals surface area contributed by atoms with E-state index in [4.69, 9.17) is 9.15 Å². The molecule has 6 nitrogen and oxygen atoms in total. The molecule has 0 bridgehead atoms. The van der Waals surface area contributed by atoms with Gasteiger partial charge >= 0.3 is 5.97 Å². The molecule has 0 saturated heterocycles. The number of benzene rings is 1. The predicted molar refractivity (Wildman–Crippen MR) is 91.5 cm³/mol. The first-order valence-corrected chi connectivity index (χ1v) is 7.74. The van der Waals surface area contributed by atoms with E-state index in [2.05, 4.69) is 21.2 Å². The van der Waals surface area contributed by atoms with Crippen LogP contribution in [0.4, 0.5) is 5.69 Å². The van der Waals surface area contributed by atoms with Crippen molar-refractivity contribution in [2.24, 2.45) is 0 Å². The summed E-state index contributed by atoms with van der Waals surface area (Å²) in [6.45, 7) is 1.00.